The first-order valence-corrected chi connectivity index (χ1v) is 10.7. The highest BCUT2D eigenvalue weighted by molar-refractivity contribution is 7.98. The zero-order valence-electron chi connectivity index (χ0n) is 16.5. The average Bonchev–Trinajstić information content (AvgIpc) is 2.78. The fraction of sp³-hybridized carbons (Fsp3) is 0.125. The number of nitrogens with zero attached hydrogens (tertiary/aromatic N) is 2. The van der Waals surface area contributed by atoms with Gasteiger partial charge in [0.05, 0.1) is 16.6 Å². The Balaban J connectivity index is 1.80. The Morgan fingerprint density at radius 3 is 2.43 bits per heavy atom. The number of benzene rings is 3. The van der Waals surface area contributed by atoms with Crippen LogP contribution in [0, 0.1) is 0 Å². The second-order valence-electron chi connectivity index (χ2n) is 6.88. The van der Waals surface area contributed by atoms with Gasteiger partial charge in [0, 0.05) is 11.3 Å². The molecule has 5 nitrogen and oxygen atoms in total. The molecular weight excluding hydrogens is 394 g/mol. The molecule has 4 rings (SSSR count). The molecule has 0 aliphatic heterocycles. The number of thioether (sulfide) groups is 1. The molecule has 1 heterocycles. The van der Waals surface area contributed by atoms with E-state index >= 15 is 0 Å². The van der Waals surface area contributed by atoms with Crippen molar-refractivity contribution >= 4 is 28.6 Å². The lowest BCUT2D eigenvalue weighted by atomic mass is 10.1. The van der Waals surface area contributed by atoms with Gasteiger partial charge in [0.1, 0.15) is 0 Å². The summed E-state index contributed by atoms with van der Waals surface area (Å²) in [6.45, 7) is 2.07. The molecule has 3 aromatic carbocycles. The van der Waals surface area contributed by atoms with Crippen molar-refractivity contribution in [2.24, 2.45) is 5.73 Å². The van der Waals surface area contributed by atoms with Crippen molar-refractivity contribution in [3.8, 4) is 5.69 Å². The van der Waals surface area contributed by atoms with Gasteiger partial charge in [-0.3, -0.25) is 14.2 Å². The number of nitrogens with two attached hydrogens (primary N) is 1. The van der Waals surface area contributed by atoms with Crippen LogP contribution >= 0.6 is 11.8 Å². The fourth-order valence-corrected chi connectivity index (χ4v) is 4.32. The van der Waals surface area contributed by atoms with Crippen LogP contribution in [0.2, 0.25) is 0 Å². The minimum atomic E-state index is -0.449. The summed E-state index contributed by atoms with van der Waals surface area (Å²) in [5.41, 5.74) is 9.36. The molecule has 0 saturated heterocycles. The number of carbonyl (C=O) groups excluding carboxylic acids is 1. The molecule has 0 bridgehead atoms. The van der Waals surface area contributed by atoms with Gasteiger partial charge in [-0.2, -0.15) is 0 Å². The van der Waals surface area contributed by atoms with Crippen molar-refractivity contribution in [2.45, 2.75) is 24.3 Å². The van der Waals surface area contributed by atoms with E-state index in [1.807, 2.05) is 60.7 Å². The molecular formula is C24H21N3O2S. The van der Waals surface area contributed by atoms with Gasteiger partial charge in [-0.1, -0.05) is 61.2 Å². The van der Waals surface area contributed by atoms with E-state index in [2.05, 4.69) is 6.92 Å². The van der Waals surface area contributed by atoms with E-state index in [9.17, 15) is 9.59 Å². The number of carbonyl (C=O) groups is 1. The van der Waals surface area contributed by atoms with Crippen LogP contribution in [0.5, 0.6) is 0 Å². The summed E-state index contributed by atoms with van der Waals surface area (Å²) >= 11 is 1.49. The third-order valence-electron chi connectivity index (χ3n) is 4.96. The Morgan fingerprint density at radius 1 is 1.00 bits per heavy atom. The van der Waals surface area contributed by atoms with Crippen molar-refractivity contribution in [3.63, 3.8) is 0 Å². The molecule has 0 unspecified atom stereocenters. The molecule has 1 aromatic heterocycles. The molecule has 4 aromatic rings. The number of fused-ring (bicyclic) bond motifs is 1. The van der Waals surface area contributed by atoms with Crippen LogP contribution in [-0.4, -0.2) is 15.5 Å². The highest BCUT2D eigenvalue weighted by Crippen LogP contribution is 2.26. The maximum absolute atomic E-state index is 13.4. The lowest BCUT2D eigenvalue weighted by molar-refractivity contribution is 0.100. The summed E-state index contributed by atoms with van der Waals surface area (Å²) in [6, 6.07) is 22.5. The number of hydrogen-bond acceptors (Lipinski definition) is 4. The summed E-state index contributed by atoms with van der Waals surface area (Å²) in [7, 11) is 0. The van der Waals surface area contributed by atoms with Gasteiger partial charge in [-0.05, 0) is 47.9 Å². The first kappa shape index (κ1) is 19.9. The molecule has 2 N–H and O–H groups in total. The number of primary amides is 1. The van der Waals surface area contributed by atoms with Crippen molar-refractivity contribution in [1.82, 2.24) is 9.55 Å². The number of aromatic nitrogens is 2. The molecule has 30 heavy (non-hydrogen) atoms. The van der Waals surface area contributed by atoms with Crippen molar-refractivity contribution in [1.29, 1.82) is 0 Å². The van der Waals surface area contributed by atoms with Crippen molar-refractivity contribution in [2.75, 3.05) is 0 Å². The minimum Gasteiger partial charge on any atom is -0.366 e. The Kier molecular flexibility index (Phi) is 5.68. The number of amides is 1. The average molecular weight is 416 g/mol. The van der Waals surface area contributed by atoms with Crippen LogP contribution in [-0.2, 0) is 12.2 Å². The second kappa shape index (κ2) is 8.55. The topological polar surface area (TPSA) is 78.0 Å². The van der Waals surface area contributed by atoms with Crippen LogP contribution in [0.15, 0.2) is 82.7 Å². The van der Waals surface area contributed by atoms with Crippen LogP contribution in [0.1, 0.15) is 28.4 Å². The van der Waals surface area contributed by atoms with Crippen molar-refractivity contribution in [3.05, 3.63) is 99.8 Å². The fourth-order valence-electron chi connectivity index (χ4n) is 3.36. The van der Waals surface area contributed by atoms with Crippen LogP contribution in [0.25, 0.3) is 16.6 Å². The van der Waals surface area contributed by atoms with Crippen molar-refractivity contribution < 1.29 is 4.79 Å². The Bertz CT molecular complexity index is 1280. The summed E-state index contributed by atoms with van der Waals surface area (Å²) in [5, 5.41) is 1.23. The van der Waals surface area contributed by atoms with Gasteiger partial charge < -0.3 is 5.73 Å². The van der Waals surface area contributed by atoms with Gasteiger partial charge in [-0.25, -0.2) is 4.98 Å². The smallest absolute Gasteiger partial charge is 0.266 e. The normalized spacial score (nSPS) is 11.0. The second-order valence-corrected chi connectivity index (χ2v) is 7.83. The van der Waals surface area contributed by atoms with Gasteiger partial charge in [0.15, 0.2) is 5.16 Å². The van der Waals surface area contributed by atoms with E-state index in [4.69, 9.17) is 10.7 Å². The standard InChI is InChI=1S/C24H21N3O2S/c1-2-17-7-3-6-10-21(17)27-23(29)19-8-4-5-9-20(19)26-24(27)30-15-16-11-13-18(14-12-16)22(25)28/h3-14H,2,15H2,1H3,(H2,25,28). The largest absolute Gasteiger partial charge is 0.366 e. The summed E-state index contributed by atoms with van der Waals surface area (Å²) < 4.78 is 1.71. The summed E-state index contributed by atoms with van der Waals surface area (Å²) in [6.07, 6.45) is 0.814. The lowest BCUT2D eigenvalue weighted by Gasteiger charge is -2.16. The first-order valence-electron chi connectivity index (χ1n) is 9.70. The van der Waals surface area contributed by atoms with Gasteiger partial charge in [-0.15, -0.1) is 0 Å². The Hall–Kier alpha value is -3.38. The predicted molar refractivity (Wildman–Crippen MR) is 121 cm³/mol. The third kappa shape index (κ3) is 3.86. The van der Waals surface area contributed by atoms with E-state index < -0.39 is 5.91 Å². The van der Waals surface area contributed by atoms with E-state index in [1.54, 1.807) is 16.7 Å². The lowest BCUT2D eigenvalue weighted by Crippen LogP contribution is -2.22. The Morgan fingerprint density at radius 2 is 1.70 bits per heavy atom. The van der Waals surface area contributed by atoms with E-state index in [0.717, 1.165) is 23.2 Å². The maximum Gasteiger partial charge on any atom is 0.266 e. The zero-order chi connectivity index (χ0) is 21.1. The molecule has 1 amide bonds. The zero-order valence-corrected chi connectivity index (χ0v) is 17.4. The monoisotopic (exact) mass is 415 g/mol. The van der Waals surface area contributed by atoms with E-state index in [1.165, 1.54) is 11.8 Å². The highest BCUT2D eigenvalue weighted by atomic mass is 32.2. The number of para-hydroxylation sites is 2. The minimum absolute atomic E-state index is 0.0759. The molecule has 0 spiro atoms. The molecule has 0 atom stereocenters. The van der Waals surface area contributed by atoms with Gasteiger partial charge in [0.25, 0.3) is 5.56 Å². The van der Waals surface area contributed by atoms with Gasteiger partial charge in [0.2, 0.25) is 5.91 Å². The summed E-state index contributed by atoms with van der Waals surface area (Å²) in [4.78, 5) is 29.5. The molecule has 0 aliphatic carbocycles. The van der Waals surface area contributed by atoms with Crippen LogP contribution in [0.3, 0.4) is 0 Å². The van der Waals surface area contributed by atoms with Crippen LogP contribution in [0.4, 0.5) is 0 Å². The van der Waals surface area contributed by atoms with Crippen LogP contribution < -0.4 is 11.3 Å². The van der Waals surface area contributed by atoms with E-state index in [0.29, 0.717) is 27.4 Å². The Labute approximate surface area is 178 Å². The molecule has 0 aliphatic rings. The maximum atomic E-state index is 13.4. The molecule has 150 valence electrons. The number of aryl methyl sites for hydroxylation is 1. The quantitative estimate of drug-likeness (QED) is 0.375. The molecule has 0 radical (unpaired) electrons. The third-order valence-corrected chi connectivity index (χ3v) is 5.97. The summed E-state index contributed by atoms with van der Waals surface area (Å²) in [5.74, 6) is 0.161. The number of rotatable bonds is 6. The highest BCUT2D eigenvalue weighted by Gasteiger charge is 2.15. The predicted octanol–water partition coefficient (Wildman–Crippen LogP) is 4.34. The molecule has 0 saturated carbocycles. The molecule has 0 fully saturated rings. The van der Waals surface area contributed by atoms with E-state index in [-0.39, 0.29) is 5.56 Å². The van der Waals surface area contributed by atoms with Gasteiger partial charge >= 0.3 is 0 Å². The molecule has 6 heteroatoms. The SMILES string of the molecule is CCc1ccccc1-n1c(SCc2ccc(C(N)=O)cc2)nc2ccccc2c1=O. The first-order chi connectivity index (χ1) is 14.6. The number of hydrogen-bond donors (Lipinski definition) is 1.